The summed E-state index contributed by atoms with van der Waals surface area (Å²) in [5.41, 5.74) is 0. The Morgan fingerprint density at radius 2 is 1.38 bits per heavy atom. The molecule has 0 amide bonds. The molecule has 0 unspecified atom stereocenters. The minimum Gasteiger partial charge on any atom is -0.491 e. The highest BCUT2D eigenvalue weighted by Crippen LogP contribution is 2.21. The second-order valence-electron chi connectivity index (χ2n) is 3.21. The first-order valence-electron chi connectivity index (χ1n) is 5.85. The summed E-state index contributed by atoms with van der Waals surface area (Å²) >= 11 is 2.17. The fourth-order valence-electron chi connectivity index (χ4n) is 1.21. The summed E-state index contributed by atoms with van der Waals surface area (Å²) in [5.74, 6) is 1.87. The first kappa shape index (κ1) is 19.4. The molecule has 0 aliphatic heterocycles. The van der Waals surface area contributed by atoms with Crippen LogP contribution in [0.3, 0.4) is 0 Å². The number of methoxy groups -OCH3 is 3. The maximum atomic E-state index is 7.00. The van der Waals surface area contributed by atoms with Gasteiger partial charge in [0, 0.05) is 19.5 Å². The molecular formula is C14H19IN2O4. The van der Waals surface area contributed by atoms with Crippen molar-refractivity contribution in [2.45, 2.75) is 0 Å². The van der Waals surface area contributed by atoms with E-state index < -0.39 is 0 Å². The zero-order valence-corrected chi connectivity index (χ0v) is 14.6. The number of hydrogen-bond acceptors (Lipinski definition) is 6. The summed E-state index contributed by atoms with van der Waals surface area (Å²) in [7, 11) is 5.76. The zero-order valence-electron chi connectivity index (χ0n) is 12.4. The minimum absolute atomic E-state index is 0.519. The van der Waals surface area contributed by atoms with Crippen LogP contribution in [0.5, 0.6) is 17.5 Å². The van der Waals surface area contributed by atoms with E-state index in [9.17, 15) is 0 Å². The van der Waals surface area contributed by atoms with Gasteiger partial charge in [0.15, 0.2) is 5.75 Å². The Balaban J connectivity index is 0.000000342. The van der Waals surface area contributed by atoms with E-state index in [-0.39, 0.29) is 0 Å². The van der Waals surface area contributed by atoms with E-state index in [4.69, 9.17) is 19.3 Å². The van der Waals surface area contributed by atoms with Crippen molar-refractivity contribution in [3.63, 3.8) is 0 Å². The van der Waals surface area contributed by atoms with Crippen LogP contribution in [0.1, 0.15) is 0 Å². The maximum Gasteiger partial charge on any atom is 0.256 e. The van der Waals surface area contributed by atoms with E-state index in [0.29, 0.717) is 17.5 Å². The van der Waals surface area contributed by atoms with Gasteiger partial charge in [0.25, 0.3) is 5.88 Å². The number of ether oxygens (including phenoxy) is 3. The molecule has 0 aromatic carbocycles. The Labute approximate surface area is 138 Å². The van der Waals surface area contributed by atoms with E-state index in [1.165, 1.54) is 0 Å². The largest absolute Gasteiger partial charge is 0.491 e. The van der Waals surface area contributed by atoms with E-state index in [1.54, 1.807) is 45.9 Å². The van der Waals surface area contributed by atoms with Crippen molar-refractivity contribution in [1.29, 1.82) is 0 Å². The predicted octanol–water partition coefficient (Wildman–Crippen LogP) is 2.40. The predicted molar refractivity (Wildman–Crippen MR) is 89.0 cm³/mol. The van der Waals surface area contributed by atoms with E-state index >= 15 is 0 Å². The summed E-state index contributed by atoms with van der Waals surface area (Å²) in [6.45, 7) is 0. The SMILES string of the molecule is CO.COc1cccnc1OC.COc1ncccc1I. The molecule has 0 bridgehead atoms. The van der Waals surface area contributed by atoms with Crippen LogP contribution in [0, 0.1) is 3.57 Å². The molecule has 0 radical (unpaired) electrons. The highest BCUT2D eigenvalue weighted by atomic mass is 127. The van der Waals surface area contributed by atoms with Crippen molar-refractivity contribution < 1.29 is 19.3 Å². The summed E-state index contributed by atoms with van der Waals surface area (Å²) in [4.78, 5) is 7.89. The van der Waals surface area contributed by atoms with E-state index in [0.717, 1.165) is 10.7 Å². The first-order valence-corrected chi connectivity index (χ1v) is 6.93. The smallest absolute Gasteiger partial charge is 0.256 e. The number of aliphatic hydroxyl groups excluding tert-OH is 1. The van der Waals surface area contributed by atoms with Crippen LogP contribution in [-0.2, 0) is 0 Å². The number of pyridine rings is 2. The van der Waals surface area contributed by atoms with Crippen molar-refractivity contribution in [1.82, 2.24) is 9.97 Å². The highest BCUT2D eigenvalue weighted by Gasteiger charge is 1.99. The molecule has 2 aromatic rings. The van der Waals surface area contributed by atoms with E-state index in [2.05, 4.69) is 32.6 Å². The molecule has 2 aromatic heterocycles. The third kappa shape index (κ3) is 7.09. The molecule has 2 heterocycles. The number of aliphatic hydroxyl groups is 1. The third-order valence-electron chi connectivity index (χ3n) is 2.07. The lowest BCUT2D eigenvalue weighted by Gasteiger charge is -2.03. The lowest BCUT2D eigenvalue weighted by molar-refractivity contribution is 0.343. The lowest BCUT2D eigenvalue weighted by atomic mass is 10.4. The fraction of sp³-hybridized carbons (Fsp3) is 0.286. The molecule has 0 aliphatic rings. The van der Waals surface area contributed by atoms with Gasteiger partial charge in [-0.3, -0.25) is 0 Å². The van der Waals surface area contributed by atoms with Crippen LogP contribution in [0.25, 0.3) is 0 Å². The van der Waals surface area contributed by atoms with Crippen molar-refractivity contribution in [2.75, 3.05) is 28.4 Å². The molecule has 2 rings (SSSR count). The molecule has 0 aliphatic carbocycles. The molecule has 21 heavy (non-hydrogen) atoms. The van der Waals surface area contributed by atoms with E-state index in [1.807, 2.05) is 12.1 Å². The van der Waals surface area contributed by atoms with Crippen LogP contribution in [-0.4, -0.2) is 43.5 Å². The first-order chi connectivity index (χ1) is 10.2. The van der Waals surface area contributed by atoms with Crippen molar-refractivity contribution in [3.8, 4) is 17.5 Å². The highest BCUT2D eigenvalue weighted by molar-refractivity contribution is 14.1. The van der Waals surface area contributed by atoms with Gasteiger partial charge in [-0.15, -0.1) is 0 Å². The van der Waals surface area contributed by atoms with Crippen molar-refractivity contribution in [3.05, 3.63) is 40.2 Å². The maximum absolute atomic E-state index is 7.00. The number of nitrogens with zero attached hydrogens (tertiary/aromatic N) is 2. The Kier molecular flexibility index (Phi) is 11.2. The Bertz CT molecular complexity index is 489. The molecule has 0 fully saturated rings. The average molecular weight is 406 g/mol. The molecule has 1 N–H and O–H groups in total. The van der Waals surface area contributed by atoms with Gasteiger partial charge >= 0.3 is 0 Å². The lowest BCUT2D eigenvalue weighted by Crippen LogP contribution is -1.91. The van der Waals surface area contributed by atoms with Crippen LogP contribution >= 0.6 is 22.6 Å². The zero-order chi connectivity index (χ0) is 16.1. The van der Waals surface area contributed by atoms with Crippen molar-refractivity contribution in [2.24, 2.45) is 0 Å². The monoisotopic (exact) mass is 406 g/mol. The Morgan fingerprint density at radius 1 is 0.857 bits per heavy atom. The van der Waals surface area contributed by atoms with Crippen LogP contribution < -0.4 is 14.2 Å². The van der Waals surface area contributed by atoms with Gasteiger partial charge in [-0.2, -0.15) is 0 Å². The van der Waals surface area contributed by atoms with Gasteiger partial charge in [0.1, 0.15) is 0 Å². The second-order valence-corrected chi connectivity index (χ2v) is 4.37. The Morgan fingerprint density at radius 3 is 1.76 bits per heavy atom. The normalized spacial score (nSPS) is 8.48. The topological polar surface area (TPSA) is 73.7 Å². The minimum atomic E-state index is 0.519. The average Bonchev–Trinajstić information content (AvgIpc) is 2.57. The van der Waals surface area contributed by atoms with Crippen LogP contribution in [0.2, 0.25) is 0 Å². The van der Waals surface area contributed by atoms with Crippen molar-refractivity contribution >= 4 is 22.6 Å². The van der Waals surface area contributed by atoms with Crippen LogP contribution in [0.15, 0.2) is 36.7 Å². The fourth-order valence-corrected chi connectivity index (χ4v) is 1.77. The summed E-state index contributed by atoms with van der Waals surface area (Å²) < 4.78 is 15.8. The van der Waals surface area contributed by atoms with Gasteiger partial charge in [-0.25, -0.2) is 9.97 Å². The third-order valence-corrected chi connectivity index (χ3v) is 2.89. The molecule has 0 atom stereocenters. The molecule has 7 heteroatoms. The number of aromatic nitrogens is 2. The molecule has 116 valence electrons. The summed E-state index contributed by atoms with van der Waals surface area (Å²) in [6.07, 6.45) is 3.36. The van der Waals surface area contributed by atoms with Gasteiger partial charge in [-0.1, -0.05) is 0 Å². The second kappa shape index (κ2) is 12.2. The van der Waals surface area contributed by atoms with Gasteiger partial charge in [-0.05, 0) is 46.9 Å². The molecule has 0 saturated heterocycles. The van der Waals surface area contributed by atoms with Gasteiger partial charge in [0.2, 0.25) is 5.88 Å². The molecule has 6 nitrogen and oxygen atoms in total. The summed E-state index contributed by atoms with van der Waals surface area (Å²) in [6, 6.07) is 7.42. The van der Waals surface area contributed by atoms with Gasteiger partial charge in [0.05, 0.1) is 24.9 Å². The van der Waals surface area contributed by atoms with Gasteiger partial charge < -0.3 is 19.3 Å². The number of rotatable bonds is 3. The number of hydrogen-bond donors (Lipinski definition) is 1. The molecule has 0 spiro atoms. The standard InChI is InChI=1S/C7H9NO2.C6H6INO.CH4O/c1-9-6-4-3-5-8-7(6)10-2;1-9-6-5(7)3-2-4-8-6;1-2/h3-5H,1-2H3;2-4H,1H3;2H,1H3. The number of halogens is 1. The molecular weight excluding hydrogens is 387 g/mol. The molecule has 0 saturated carbocycles. The quantitative estimate of drug-likeness (QED) is 0.790. The van der Waals surface area contributed by atoms with Crippen LogP contribution in [0.4, 0.5) is 0 Å². The Hall–Kier alpha value is -1.61. The summed E-state index contributed by atoms with van der Waals surface area (Å²) in [5, 5.41) is 7.00.